The van der Waals surface area contributed by atoms with Crippen LogP contribution in [0.4, 0.5) is 0 Å². The number of aliphatic hydroxyl groups excluding tert-OH is 4. The summed E-state index contributed by atoms with van der Waals surface area (Å²) >= 11 is 6.33. The quantitative estimate of drug-likeness (QED) is 0.562. The Kier molecular flexibility index (Phi) is 6.57. The maximum absolute atomic E-state index is 10.3. The normalized spacial score (nSPS) is 27.2. The van der Waals surface area contributed by atoms with E-state index in [-0.39, 0.29) is 0 Å². The molecule has 1 saturated heterocycles. The SMILES string of the molecule is C#COc1ccc(Cc2cc(C3OC(CO)C(O)C(O)C3O)ccc2Cl)cc1. The molecule has 0 aliphatic carbocycles. The molecule has 1 aliphatic rings. The zero-order chi connectivity index (χ0) is 20.3. The summed E-state index contributed by atoms with van der Waals surface area (Å²) in [6, 6.07) is 12.4. The first-order valence-electron chi connectivity index (χ1n) is 8.74. The van der Waals surface area contributed by atoms with E-state index in [9.17, 15) is 20.4 Å². The van der Waals surface area contributed by atoms with Crippen molar-refractivity contribution in [3.05, 3.63) is 64.2 Å². The molecule has 6 nitrogen and oxygen atoms in total. The van der Waals surface area contributed by atoms with Crippen molar-refractivity contribution in [1.82, 2.24) is 0 Å². The Bertz CT molecular complexity index is 845. The van der Waals surface area contributed by atoms with E-state index in [0.717, 1.165) is 11.1 Å². The molecule has 0 amide bonds. The largest absolute Gasteiger partial charge is 0.408 e. The van der Waals surface area contributed by atoms with E-state index in [1.54, 1.807) is 30.3 Å². The molecule has 2 aromatic carbocycles. The summed E-state index contributed by atoms with van der Waals surface area (Å²) in [7, 11) is 0. The van der Waals surface area contributed by atoms with Crippen LogP contribution < -0.4 is 4.74 Å². The second-order valence-corrected chi connectivity index (χ2v) is 7.05. The van der Waals surface area contributed by atoms with Gasteiger partial charge in [0, 0.05) is 5.02 Å². The first-order chi connectivity index (χ1) is 13.4. The number of hydrogen-bond acceptors (Lipinski definition) is 6. The molecule has 0 radical (unpaired) electrons. The first-order valence-corrected chi connectivity index (χ1v) is 9.12. The molecule has 3 rings (SSSR count). The van der Waals surface area contributed by atoms with Crippen LogP contribution >= 0.6 is 11.6 Å². The summed E-state index contributed by atoms with van der Waals surface area (Å²) in [6.45, 7) is -0.478. The minimum Gasteiger partial charge on any atom is -0.408 e. The van der Waals surface area contributed by atoms with Crippen LogP contribution in [-0.4, -0.2) is 51.4 Å². The molecule has 0 aromatic heterocycles. The van der Waals surface area contributed by atoms with Crippen LogP contribution in [0.5, 0.6) is 5.75 Å². The van der Waals surface area contributed by atoms with E-state index in [1.807, 2.05) is 12.1 Å². The van der Waals surface area contributed by atoms with E-state index >= 15 is 0 Å². The predicted molar refractivity (Wildman–Crippen MR) is 103 cm³/mol. The minimum absolute atomic E-state index is 0.478. The van der Waals surface area contributed by atoms with Crippen LogP contribution in [0.1, 0.15) is 22.8 Å². The van der Waals surface area contributed by atoms with Crippen molar-refractivity contribution < 1.29 is 29.9 Å². The molecule has 1 fully saturated rings. The molecule has 1 heterocycles. The highest BCUT2D eigenvalue weighted by atomic mass is 35.5. The van der Waals surface area contributed by atoms with Gasteiger partial charge in [-0.15, -0.1) is 0 Å². The van der Waals surface area contributed by atoms with Gasteiger partial charge in [0.15, 0.2) is 0 Å². The van der Waals surface area contributed by atoms with Gasteiger partial charge in [-0.05, 0) is 41.3 Å². The van der Waals surface area contributed by atoms with E-state index < -0.39 is 37.1 Å². The predicted octanol–water partition coefficient (Wildman–Crippen LogP) is 1.42. The van der Waals surface area contributed by atoms with E-state index in [1.165, 1.54) is 0 Å². The number of halogens is 1. The third-order valence-corrected chi connectivity index (χ3v) is 5.15. The Balaban J connectivity index is 1.83. The van der Waals surface area contributed by atoms with Crippen LogP contribution in [0.2, 0.25) is 5.02 Å². The van der Waals surface area contributed by atoms with Crippen LogP contribution in [0.25, 0.3) is 0 Å². The van der Waals surface area contributed by atoms with Crippen molar-refractivity contribution in [3.63, 3.8) is 0 Å². The van der Waals surface area contributed by atoms with Crippen molar-refractivity contribution in [2.75, 3.05) is 6.61 Å². The first kappa shape index (κ1) is 20.6. The average molecular weight is 405 g/mol. The zero-order valence-corrected chi connectivity index (χ0v) is 15.7. The second kappa shape index (κ2) is 8.93. The topological polar surface area (TPSA) is 99.4 Å². The number of rotatable bonds is 5. The summed E-state index contributed by atoms with van der Waals surface area (Å²) in [6.07, 6.45) is 1.69. The van der Waals surface area contributed by atoms with Gasteiger partial charge < -0.3 is 29.9 Å². The molecule has 0 bridgehead atoms. The Morgan fingerprint density at radius 1 is 1.04 bits per heavy atom. The Morgan fingerprint density at radius 3 is 2.39 bits per heavy atom. The number of terminal acetylenes is 1. The fourth-order valence-corrected chi connectivity index (χ4v) is 3.43. The summed E-state index contributed by atoms with van der Waals surface area (Å²) in [5.41, 5.74) is 2.35. The Labute approximate surface area is 167 Å². The molecule has 7 heteroatoms. The molecule has 28 heavy (non-hydrogen) atoms. The van der Waals surface area contributed by atoms with Crippen LogP contribution in [0, 0.1) is 12.5 Å². The van der Waals surface area contributed by atoms with Crippen molar-refractivity contribution in [3.8, 4) is 18.3 Å². The highest BCUT2D eigenvalue weighted by Crippen LogP contribution is 2.34. The molecule has 2 aromatic rings. The van der Waals surface area contributed by atoms with Gasteiger partial charge in [-0.1, -0.05) is 42.3 Å². The maximum Gasteiger partial charge on any atom is 0.140 e. The summed E-state index contributed by atoms with van der Waals surface area (Å²) in [4.78, 5) is 0. The standard InChI is InChI=1S/C21H21ClO6/c1-2-27-15-6-3-12(4-7-15)9-14-10-13(5-8-16(14)22)21-20(26)19(25)18(24)17(11-23)28-21/h1,3-8,10,17-21,23-26H,9,11H2. The van der Waals surface area contributed by atoms with Gasteiger partial charge in [0.05, 0.1) is 6.61 Å². The molecule has 4 N–H and O–H groups in total. The highest BCUT2D eigenvalue weighted by Gasteiger charge is 2.43. The molecule has 148 valence electrons. The fraction of sp³-hybridized carbons (Fsp3) is 0.333. The van der Waals surface area contributed by atoms with Gasteiger partial charge in [0.2, 0.25) is 0 Å². The number of ether oxygens (including phenoxy) is 2. The summed E-state index contributed by atoms with van der Waals surface area (Å²) < 4.78 is 10.6. The number of hydrogen-bond donors (Lipinski definition) is 4. The summed E-state index contributed by atoms with van der Waals surface area (Å²) in [5.74, 6) is 0.562. The average Bonchev–Trinajstić information content (AvgIpc) is 2.70. The molecule has 5 unspecified atom stereocenters. The van der Waals surface area contributed by atoms with Crippen LogP contribution in [-0.2, 0) is 11.2 Å². The maximum atomic E-state index is 10.3. The lowest BCUT2D eigenvalue weighted by Crippen LogP contribution is -2.55. The molecule has 1 aliphatic heterocycles. The highest BCUT2D eigenvalue weighted by molar-refractivity contribution is 6.31. The summed E-state index contributed by atoms with van der Waals surface area (Å²) in [5, 5.41) is 40.2. The van der Waals surface area contributed by atoms with Gasteiger partial charge >= 0.3 is 0 Å². The third-order valence-electron chi connectivity index (χ3n) is 4.79. The monoisotopic (exact) mass is 404 g/mol. The van der Waals surface area contributed by atoms with E-state index in [4.69, 9.17) is 27.5 Å². The Hall–Kier alpha value is -2.11. The van der Waals surface area contributed by atoms with Gasteiger partial charge in [0.1, 0.15) is 42.4 Å². The van der Waals surface area contributed by atoms with Crippen molar-refractivity contribution >= 4 is 11.6 Å². The van der Waals surface area contributed by atoms with Crippen molar-refractivity contribution in [1.29, 1.82) is 0 Å². The van der Waals surface area contributed by atoms with Crippen LogP contribution in [0.15, 0.2) is 42.5 Å². The lowest BCUT2D eigenvalue weighted by molar-refractivity contribution is -0.231. The van der Waals surface area contributed by atoms with E-state index in [2.05, 4.69) is 6.11 Å². The molecule has 0 spiro atoms. The lowest BCUT2D eigenvalue weighted by Gasteiger charge is -2.40. The van der Waals surface area contributed by atoms with Crippen LogP contribution in [0.3, 0.4) is 0 Å². The molecular formula is C21H21ClO6. The van der Waals surface area contributed by atoms with E-state index in [0.29, 0.717) is 22.8 Å². The molecule has 0 saturated carbocycles. The van der Waals surface area contributed by atoms with Gasteiger partial charge in [-0.2, -0.15) is 0 Å². The smallest absolute Gasteiger partial charge is 0.140 e. The fourth-order valence-electron chi connectivity index (χ4n) is 3.25. The Morgan fingerprint density at radius 2 is 1.75 bits per heavy atom. The van der Waals surface area contributed by atoms with Gasteiger partial charge in [-0.25, -0.2) is 0 Å². The number of benzene rings is 2. The molecule has 5 atom stereocenters. The third kappa shape index (κ3) is 4.31. The second-order valence-electron chi connectivity index (χ2n) is 6.64. The number of aliphatic hydroxyl groups is 4. The van der Waals surface area contributed by atoms with Crippen molar-refractivity contribution in [2.45, 2.75) is 36.9 Å². The van der Waals surface area contributed by atoms with Crippen molar-refractivity contribution in [2.24, 2.45) is 0 Å². The zero-order valence-electron chi connectivity index (χ0n) is 14.9. The molecular weight excluding hydrogens is 384 g/mol. The lowest BCUT2D eigenvalue weighted by atomic mass is 9.90. The van der Waals surface area contributed by atoms with Gasteiger partial charge in [0.25, 0.3) is 0 Å². The van der Waals surface area contributed by atoms with Gasteiger partial charge in [-0.3, -0.25) is 0 Å². The minimum atomic E-state index is -1.43.